The topological polar surface area (TPSA) is 93.5 Å². The number of amides is 1. The Balaban J connectivity index is 1.13. The van der Waals surface area contributed by atoms with E-state index in [4.69, 9.17) is 4.74 Å². The van der Waals surface area contributed by atoms with Gasteiger partial charge in [0, 0.05) is 44.5 Å². The Bertz CT molecular complexity index is 1190. The predicted octanol–water partition coefficient (Wildman–Crippen LogP) is 2.04. The summed E-state index contributed by atoms with van der Waals surface area (Å²) >= 11 is 0. The number of hydrogen-bond donors (Lipinski definition) is 0. The summed E-state index contributed by atoms with van der Waals surface area (Å²) in [5.74, 6) is 0.328. The maximum Gasteiger partial charge on any atom is 0.338 e. The van der Waals surface area contributed by atoms with Crippen molar-refractivity contribution in [2.75, 3.05) is 32.7 Å². The van der Waals surface area contributed by atoms with Crippen molar-refractivity contribution in [2.24, 2.45) is 0 Å². The van der Waals surface area contributed by atoms with Gasteiger partial charge in [0.05, 0.1) is 12.0 Å². The van der Waals surface area contributed by atoms with E-state index in [-0.39, 0.29) is 31.4 Å². The van der Waals surface area contributed by atoms with Gasteiger partial charge in [-0.2, -0.15) is 5.10 Å². The van der Waals surface area contributed by atoms with Crippen LogP contribution >= 0.6 is 0 Å². The summed E-state index contributed by atoms with van der Waals surface area (Å²) in [5.41, 5.74) is 3.52. The zero-order chi connectivity index (χ0) is 23.7. The first-order valence-electron chi connectivity index (χ1n) is 11.2. The van der Waals surface area contributed by atoms with Crippen molar-refractivity contribution in [3.8, 4) is 5.82 Å². The molecule has 4 heterocycles. The zero-order valence-corrected chi connectivity index (χ0v) is 18.9. The minimum atomic E-state index is -1.17. The molecule has 0 bridgehead atoms. The lowest BCUT2D eigenvalue weighted by Gasteiger charge is -2.35. The molecule has 1 saturated heterocycles. The van der Waals surface area contributed by atoms with Crippen LogP contribution in [0.25, 0.3) is 5.82 Å². The highest BCUT2D eigenvalue weighted by Crippen LogP contribution is 2.31. The van der Waals surface area contributed by atoms with Crippen LogP contribution in [0.5, 0.6) is 0 Å². The zero-order valence-electron chi connectivity index (χ0n) is 18.9. The molecule has 1 unspecified atom stereocenters. The average molecular weight is 465 g/mol. The highest BCUT2D eigenvalue weighted by Gasteiger charge is 2.28. The molecule has 34 heavy (non-hydrogen) atoms. The number of carbonyl (C=O) groups excluding carboxylic acids is 2. The van der Waals surface area contributed by atoms with Crippen LogP contribution < -0.4 is 0 Å². The standard InChI is InChI=1S/C24H25FN6O3/c1-16-18(3-4-19-20(16)13-34-24(19)33)21(25)12-29-6-8-30(9-7-29)23(32)10-17-2-5-22(27-11-17)31-15-26-14-28-31/h2-5,11,14-15,21H,6-10,12-13H2,1H3. The van der Waals surface area contributed by atoms with Crippen LogP contribution in [0.1, 0.15) is 38.8 Å². The molecule has 1 aromatic carbocycles. The smallest absolute Gasteiger partial charge is 0.338 e. The van der Waals surface area contributed by atoms with E-state index in [1.54, 1.807) is 35.4 Å². The Kier molecular flexibility index (Phi) is 6.06. The van der Waals surface area contributed by atoms with E-state index in [0.717, 1.165) is 16.7 Å². The molecule has 2 aliphatic rings. The van der Waals surface area contributed by atoms with Gasteiger partial charge in [0.25, 0.3) is 0 Å². The molecule has 176 valence electrons. The molecule has 0 radical (unpaired) electrons. The molecule has 3 aromatic rings. The molecule has 5 rings (SSSR count). The number of fused-ring (bicyclic) bond motifs is 1. The van der Waals surface area contributed by atoms with E-state index in [1.807, 2.05) is 22.8 Å². The van der Waals surface area contributed by atoms with Gasteiger partial charge in [-0.05, 0) is 35.7 Å². The predicted molar refractivity (Wildman–Crippen MR) is 120 cm³/mol. The quantitative estimate of drug-likeness (QED) is 0.516. The summed E-state index contributed by atoms with van der Waals surface area (Å²) in [4.78, 5) is 36.6. The molecule has 10 heteroatoms. The number of halogens is 1. The van der Waals surface area contributed by atoms with E-state index < -0.39 is 6.17 Å². The minimum Gasteiger partial charge on any atom is -0.457 e. The van der Waals surface area contributed by atoms with Crippen molar-refractivity contribution in [1.82, 2.24) is 29.5 Å². The summed E-state index contributed by atoms with van der Waals surface area (Å²) in [6, 6.07) is 7.01. The molecule has 0 aliphatic carbocycles. The van der Waals surface area contributed by atoms with Gasteiger partial charge in [-0.1, -0.05) is 12.1 Å². The Morgan fingerprint density at radius 3 is 2.71 bits per heavy atom. The van der Waals surface area contributed by atoms with Gasteiger partial charge in [-0.25, -0.2) is 23.8 Å². The third kappa shape index (κ3) is 4.41. The molecular weight excluding hydrogens is 439 g/mol. The number of benzene rings is 1. The number of nitrogens with zero attached hydrogens (tertiary/aromatic N) is 6. The molecular formula is C24H25FN6O3. The van der Waals surface area contributed by atoms with Gasteiger partial charge in [0.15, 0.2) is 5.82 Å². The number of alkyl halides is 1. The van der Waals surface area contributed by atoms with Gasteiger partial charge in [-0.15, -0.1) is 0 Å². The number of cyclic esters (lactones) is 1. The second-order valence-corrected chi connectivity index (χ2v) is 8.57. The summed E-state index contributed by atoms with van der Waals surface area (Å²) < 4.78 is 21.8. The second-order valence-electron chi connectivity index (χ2n) is 8.57. The van der Waals surface area contributed by atoms with Gasteiger partial charge in [-0.3, -0.25) is 9.69 Å². The third-order valence-corrected chi connectivity index (χ3v) is 6.51. The van der Waals surface area contributed by atoms with E-state index in [0.29, 0.717) is 43.1 Å². The molecule has 1 atom stereocenters. The van der Waals surface area contributed by atoms with Gasteiger partial charge >= 0.3 is 5.97 Å². The van der Waals surface area contributed by atoms with Crippen LogP contribution in [0.4, 0.5) is 4.39 Å². The van der Waals surface area contributed by atoms with Gasteiger partial charge in [0.1, 0.15) is 25.4 Å². The van der Waals surface area contributed by atoms with E-state index >= 15 is 4.39 Å². The Hall–Kier alpha value is -3.66. The summed E-state index contributed by atoms with van der Waals surface area (Å²) in [6.07, 6.45) is 3.78. The molecule has 2 aromatic heterocycles. The van der Waals surface area contributed by atoms with E-state index in [2.05, 4.69) is 15.1 Å². The fraction of sp³-hybridized carbons (Fsp3) is 0.375. The van der Waals surface area contributed by atoms with Gasteiger partial charge in [0.2, 0.25) is 5.91 Å². The Labute approximate surface area is 196 Å². The first-order chi connectivity index (χ1) is 16.5. The van der Waals surface area contributed by atoms with Crippen LogP contribution in [0.2, 0.25) is 0 Å². The lowest BCUT2D eigenvalue weighted by molar-refractivity contribution is -0.132. The summed E-state index contributed by atoms with van der Waals surface area (Å²) in [6.45, 7) is 4.64. The summed E-state index contributed by atoms with van der Waals surface area (Å²) in [7, 11) is 0. The number of carbonyl (C=O) groups is 2. The number of pyridine rings is 1. The molecule has 0 spiro atoms. The van der Waals surface area contributed by atoms with Gasteiger partial charge < -0.3 is 9.64 Å². The van der Waals surface area contributed by atoms with E-state index in [9.17, 15) is 9.59 Å². The Morgan fingerprint density at radius 1 is 1.18 bits per heavy atom. The lowest BCUT2D eigenvalue weighted by Crippen LogP contribution is -2.49. The molecule has 2 aliphatic heterocycles. The normalized spacial score (nSPS) is 16.9. The van der Waals surface area contributed by atoms with Crippen molar-refractivity contribution in [3.05, 3.63) is 70.9 Å². The third-order valence-electron chi connectivity index (χ3n) is 6.51. The number of hydrogen-bond acceptors (Lipinski definition) is 7. The van der Waals surface area contributed by atoms with Crippen molar-refractivity contribution in [1.29, 1.82) is 0 Å². The van der Waals surface area contributed by atoms with Crippen LogP contribution in [0, 0.1) is 6.92 Å². The first kappa shape index (κ1) is 22.1. The largest absolute Gasteiger partial charge is 0.457 e. The number of piperazine rings is 1. The SMILES string of the molecule is Cc1c(C(F)CN2CCN(C(=O)Cc3ccc(-n4cncn4)nc3)CC2)ccc2c1COC2=O. The maximum atomic E-state index is 15.2. The molecule has 1 fully saturated rings. The highest BCUT2D eigenvalue weighted by molar-refractivity contribution is 5.94. The van der Waals surface area contributed by atoms with Crippen molar-refractivity contribution in [2.45, 2.75) is 26.1 Å². The van der Waals surface area contributed by atoms with Crippen molar-refractivity contribution >= 4 is 11.9 Å². The lowest BCUT2D eigenvalue weighted by atomic mass is 9.95. The maximum absolute atomic E-state index is 15.2. The van der Waals surface area contributed by atoms with Crippen LogP contribution in [-0.2, 0) is 22.6 Å². The highest BCUT2D eigenvalue weighted by atomic mass is 19.1. The second kappa shape index (κ2) is 9.30. The number of rotatable bonds is 6. The Morgan fingerprint density at radius 2 is 2.00 bits per heavy atom. The minimum absolute atomic E-state index is 0.0332. The fourth-order valence-electron chi connectivity index (χ4n) is 4.48. The number of ether oxygens (including phenoxy) is 1. The van der Waals surface area contributed by atoms with Crippen LogP contribution in [-0.4, -0.2) is 74.1 Å². The fourth-order valence-corrected chi connectivity index (χ4v) is 4.48. The van der Waals surface area contributed by atoms with E-state index in [1.165, 1.54) is 6.33 Å². The molecule has 0 saturated carbocycles. The van der Waals surface area contributed by atoms with Crippen molar-refractivity contribution < 1.29 is 18.7 Å². The van der Waals surface area contributed by atoms with Crippen LogP contribution in [0.15, 0.2) is 43.1 Å². The molecule has 9 nitrogen and oxygen atoms in total. The number of aromatic nitrogens is 4. The molecule has 0 N–H and O–H groups in total. The van der Waals surface area contributed by atoms with Crippen LogP contribution in [0.3, 0.4) is 0 Å². The number of esters is 1. The molecule has 1 amide bonds. The van der Waals surface area contributed by atoms with Crippen molar-refractivity contribution in [3.63, 3.8) is 0 Å². The first-order valence-corrected chi connectivity index (χ1v) is 11.2. The summed E-state index contributed by atoms with van der Waals surface area (Å²) in [5, 5.41) is 4.04. The monoisotopic (exact) mass is 464 g/mol. The average Bonchev–Trinajstić information content (AvgIpc) is 3.51.